The van der Waals surface area contributed by atoms with Gasteiger partial charge in [0, 0.05) is 26.2 Å². The van der Waals surface area contributed by atoms with Crippen molar-refractivity contribution in [1.29, 1.82) is 0 Å². The van der Waals surface area contributed by atoms with E-state index >= 15 is 0 Å². The number of pyridine rings is 1. The zero-order valence-electron chi connectivity index (χ0n) is 18.1. The highest BCUT2D eigenvalue weighted by molar-refractivity contribution is 5.90. The van der Waals surface area contributed by atoms with Crippen LogP contribution in [0.1, 0.15) is 38.8 Å². The highest BCUT2D eigenvalue weighted by Crippen LogP contribution is 2.37. The van der Waals surface area contributed by atoms with Crippen molar-refractivity contribution < 1.29 is 27.9 Å². The van der Waals surface area contributed by atoms with E-state index in [1.807, 2.05) is 0 Å². The maximum atomic E-state index is 13.5. The number of carbonyl (C=O) groups is 2. The van der Waals surface area contributed by atoms with Crippen molar-refractivity contribution >= 4 is 11.8 Å². The van der Waals surface area contributed by atoms with Gasteiger partial charge < -0.3 is 15.3 Å². The van der Waals surface area contributed by atoms with Gasteiger partial charge in [-0.3, -0.25) is 14.6 Å². The number of aromatic nitrogens is 4. The summed E-state index contributed by atoms with van der Waals surface area (Å²) >= 11 is 0. The predicted octanol–water partition coefficient (Wildman–Crippen LogP) is 1.65. The fraction of sp³-hybridized carbons (Fsp3) is 0.550. The smallest absolute Gasteiger partial charge is 0.391 e. The molecule has 2 amide bonds. The largest absolute Gasteiger partial charge is 0.418 e. The summed E-state index contributed by atoms with van der Waals surface area (Å²) in [4.78, 5) is 30.8. The number of amides is 2. The van der Waals surface area contributed by atoms with Crippen LogP contribution in [0.4, 0.5) is 13.2 Å². The van der Waals surface area contributed by atoms with Gasteiger partial charge in [-0.25, -0.2) is 4.68 Å². The summed E-state index contributed by atoms with van der Waals surface area (Å²) in [5.41, 5.74) is -2.23. The number of rotatable bonds is 4. The van der Waals surface area contributed by atoms with E-state index in [2.05, 4.69) is 20.6 Å². The van der Waals surface area contributed by atoms with Gasteiger partial charge in [0.2, 0.25) is 11.8 Å². The number of likely N-dealkylation sites (N-methyl/N-ethyl adjacent to an activating group) is 1. The molecule has 0 aliphatic carbocycles. The number of halogens is 3. The first-order chi connectivity index (χ1) is 14.8. The second-order valence-electron chi connectivity index (χ2n) is 8.76. The lowest BCUT2D eigenvalue weighted by Gasteiger charge is -2.34. The van der Waals surface area contributed by atoms with Crippen molar-refractivity contribution in [2.75, 3.05) is 13.6 Å². The molecular weight excluding hydrogens is 429 g/mol. The summed E-state index contributed by atoms with van der Waals surface area (Å²) in [6.07, 6.45) is -2.95. The van der Waals surface area contributed by atoms with Crippen LogP contribution in [0, 0.1) is 5.41 Å². The maximum absolute atomic E-state index is 13.5. The molecule has 3 heterocycles. The second kappa shape index (κ2) is 8.49. The van der Waals surface area contributed by atoms with Crippen LogP contribution in [0.15, 0.2) is 24.5 Å². The first kappa shape index (κ1) is 23.6. The average Bonchev–Trinajstić information content (AvgIpc) is 3.32. The molecule has 12 heteroatoms. The van der Waals surface area contributed by atoms with Crippen LogP contribution in [0.25, 0.3) is 11.4 Å². The van der Waals surface area contributed by atoms with E-state index in [4.69, 9.17) is 0 Å². The van der Waals surface area contributed by atoms with Crippen LogP contribution in [0.2, 0.25) is 0 Å². The molecule has 0 aromatic carbocycles. The third-order valence-electron chi connectivity index (χ3n) is 5.30. The Balaban J connectivity index is 2.01. The minimum Gasteiger partial charge on any atom is -0.391 e. The molecule has 2 N–H and O–H groups in total. The molecule has 1 saturated heterocycles. The van der Waals surface area contributed by atoms with Gasteiger partial charge in [-0.1, -0.05) is 26.0 Å². The molecule has 1 fully saturated rings. The SMILES string of the molecule is CNC(=O)[C@@H]1C[C@@H](O)CN1C(=O)[C@@H](n1cc(-c2ncccc2C(F)(F)F)nn1)C(C)(C)C. The molecule has 32 heavy (non-hydrogen) atoms. The predicted molar refractivity (Wildman–Crippen MR) is 107 cm³/mol. The Morgan fingerprint density at radius 3 is 2.56 bits per heavy atom. The van der Waals surface area contributed by atoms with Crippen molar-refractivity contribution in [2.24, 2.45) is 5.41 Å². The number of aliphatic hydroxyl groups is 1. The molecule has 9 nitrogen and oxygen atoms in total. The number of nitrogens with one attached hydrogen (secondary N) is 1. The summed E-state index contributed by atoms with van der Waals surface area (Å²) in [6.45, 7) is 5.25. The van der Waals surface area contributed by atoms with Gasteiger partial charge in [0.25, 0.3) is 0 Å². The molecule has 0 spiro atoms. The van der Waals surface area contributed by atoms with Crippen LogP contribution in [-0.2, 0) is 15.8 Å². The summed E-state index contributed by atoms with van der Waals surface area (Å²) in [5, 5.41) is 20.3. The quantitative estimate of drug-likeness (QED) is 0.727. The summed E-state index contributed by atoms with van der Waals surface area (Å²) in [6, 6.07) is 0.227. The lowest BCUT2D eigenvalue weighted by atomic mass is 9.85. The number of β-amino-alcohol motifs (C(OH)–C–C–N with tert-alkyl or cyclic N) is 1. The Morgan fingerprint density at radius 2 is 1.97 bits per heavy atom. The van der Waals surface area contributed by atoms with Crippen molar-refractivity contribution in [2.45, 2.75) is 51.6 Å². The fourth-order valence-corrected chi connectivity index (χ4v) is 3.86. The minimum absolute atomic E-state index is 0.0382. The molecule has 0 saturated carbocycles. The standard InChI is InChI=1S/C20H25F3N6O3/c1-19(2,3)16(18(32)28-9-11(30)8-14(28)17(31)24-4)29-10-13(26-27-29)15-12(20(21,22)23)6-5-7-25-15/h5-7,10-11,14,16,30H,8-9H2,1-4H3,(H,24,31)/t11-,14+,16-/m1/s1. The molecule has 0 bridgehead atoms. The van der Waals surface area contributed by atoms with E-state index in [9.17, 15) is 27.9 Å². The maximum Gasteiger partial charge on any atom is 0.418 e. The summed E-state index contributed by atoms with van der Waals surface area (Å²) < 4.78 is 41.4. The number of aliphatic hydroxyl groups excluding tert-OH is 1. The van der Waals surface area contributed by atoms with Crippen molar-refractivity contribution in [1.82, 2.24) is 30.2 Å². The molecular formula is C20H25F3N6O3. The topological polar surface area (TPSA) is 113 Å². The van der Waals surface area contributed by atoms with Crippen molar-refractivity contribution in [3.05, 3.63) is 30.1 Å². The molecule has 1 aliphatic heterocycles. The van der Waals surface area contributed by atoms with Crippen LogP contribution < -0.4 is 5.32 Å². The zero-order chi connectivity index (χ0) is 23.8. The second-order valence-corrected chi connectivity index (χ2v) is 8.76. The minimum atomic E-state index is -4.64. The van der Waals surface area contributed by atoms with Crippen LogP contribution in [-0.4, -0.2) is 67.5 Å². The average molecular weight is 454 g/mol. The van der Waals surface area contributed by atoms with Gasteiger partial charge in [-0.2, -0.15) is 13.2 Å². The van der Waals surface area contributed by atoms with Gasteiger partial charge in [0.05, 0.1) is 17.9 Å². The molecule has 1 aliphatic rings. The molecule has 0 radical (unpaired) electrons. The van der Waals surface area contributed by atoms with Gasteiger partial charge in [-0.05, 0) is 17.5 Å². The third kappa shape index (κ3) is 4.59. The molecule has 3 atom stereocenters. The van der Waals surface area contributed by atoms with E-state index in [0.29, 0.717) is 0 Å². The number of nitrogens with zero attached hydrogens (tertiary/aromatic N) is 5. The Kier molecular flexibility index (Phi) is 6.27. The van der Waals surface area contributed by atoms with E-state index in [-0.39, 0.29) is 18.7 Å². The highest BCUT2D eigenvalue weighted by Gasteiger charge is 2.45. The Labute approximate surface area is 182 Å². The number of likely N-dealkylation sites (tertiary alicyclic amines) is 1. The Hall–Kier alpha value is -3.02. The van der Waals surface area contributed by atoms with Crippen LogP contribution >= 0.6 is 0 Å². The van der Waals surface area contributed by atoms with Crippen molar-refractivity contribution in [3.8, 4) is 11.4 Å². The summed E-state index contributed by atoms with van der Waals surface area (Å²) in [7, 11) is 1.44. The third-order valence-corrected chi connectivity index (χ3v) is 5.30. The molecule has 0 unspecified atom stereocenters. The van der Waals surface area contributed by atoms with Crippen LogP contribution in [0.3, 0.4) is 0 Å². The molecule has 2 aromatic heterocycles. The van der Waals surface area contributed by atoms with E-state index in [1.54, 1.807) is 20.8 Å². The number of alkyl halides is 3. The van der Waals surface area contributed by atoms with Gasteiger partial charge >= 0.3 is 6.18 Å². The first-order valence-corrected chi connectivity index (χ1v) is 9.99. The van der Waals surface area contributed by atoms with Gasteiger partial charge in [0.15, 0.2) is 0 Å². The normalized spacial score (nSPS) is 20.3. The molecule has 2 aromatic rings. The lowest BCUT2D eigenvalue weighted by Crippen LogP contribution is -2.49. The zero-order valence-corrected chi connectivity index (χ0v) is 18.1. The number of hydrogen-bond donors (Lipinski definition) is 2. The first-order valence-electron chi connectivity index (χ1n) is 9.99. The van der Waals surface area contributed by atoms with E-state index < -0.39 is 52.9 Å². The van der Waals surface area contributed by atoms with Crippen LogP contribution in [0.5, 0.6) is 0 Å². The fourth-order valence-electron chi connectivity index (χ4n) is 3.86. The molecule has 174 valence electrons. The van der Waals surface area contributed by atoms with Gasteiger partial charge in [0.1, 0.15) is 23.5 Å². The monoisotopic (exact) mass is 454 g/mol. The van der Waals surface area contributed by atoms with Gasteiger partial charge in [-0.15, -0.1) is 5.10 Å². The van der Waals surface area contributed by atoms with E-state index in [0.717, 1.165) is 6.07 Å². The summed E-state index contributed by atoms with van der Waals surface area (Å²) in [5.74, 6) is -0.902. The lowest BCUT2D eigenvalue weighted by molar-refractivity contribution is -0.144. The molecule has 3 rings (SSSR count). The van der Waals surface area contributed by atoms with Crippen molar-refractivity contribution in [3.63, 3.8) is 0 Å². The number of hydrogen-bond acceptors (Lipinski definition) is 6. The highest BCUT2D eigenvalue weighted by atomic mass is 19.4. The number of carbonyl (C=O) groups excluding carboxylic acids is 2. The Morgan fingerprint density at radius 1 is 1.28 bits per heavy atom. The van der Waals surface area contributed by atoms with E-state index in [1.165, 1.54) is 35.1 Å². The Bertz CT molecular complexity index is 1000.